The van der Waals surface area contributed by atoms with Gasteiger partial charge in [0.2, 0.25) is 0 Å². The average molecular weight is 539 g/mol. The lowest BCUT2D eigenvalue weighted by Gasteiger charge is -2.64. The molecule has 2 heterocycles. The van der Waals surface area contributed by atoms with Crippen LogP contribution in [0.4, 0.5) is 0 Å². The van der Waals surface area contributed by atoms with Gasteiger partial charge in [-0.2, -0.15) is 0 Å². The number of benzene rings is 1. The van der Waals surface area contributed by atoms with Gasteiger partial charge in [0.05, 0.1) is 18.8 Å². The Hall–Kier alpha value is -3.43. The molecule has 3 aliphatic rings. The molecule has 9 nitrogen and oxygen atoms in total. The van der Waals surface area contributed by atoms with Gasteiger partial charge in [0, 0.05) is 36.8 Å². The van der Waals surface area contributed by atoms with Gasteiger partial charge in [-0.3, -0.25) is 9.59 Å². The maximum atomic E-state index is 13.3. The molecule has 8 atom stereocenters. The third kappa shape index (κ3) is 4.19. The van der Waals surface area contributed by atoms with E-state index in [1.54, 1.807) is 31.2 Å². The molecule has 1 aromatic carbocycles. The molecular weight excluding hydrogens is 504 g/mol. The average Bonchev–Trinajstić information content (AvgIpc) is 2.86. The van der Waals surface area contributed by atoms with Crippen molar-refractivity contribution in [2.45, 2.75) is 65.0 Å². The van der Waals surface area contributed by atoms with E-state index >= 15 is 0 Å². The van der Waals surface area contributed by atoms with E-state index in [2.05, 4.69) is 0 Å². The van der Waals surface area contributed by atoms with E-state index < -0.39 is 64.1 Å². The standard InChI is InChI=1S/C30H34O9/c1-16(31)36-15-29(4)21-14-23(37-17(2)32)30(5)26(28(21,3)12-11-22(29)33)25(34)24-20(39-30)13-19(38-27(24)35)18-9-7-6-8-10-18/h6-13,21-23,25-26,33-34H,14-15H2,1-5H3/t21-,22+,23+,25+,26-,28+,29+,30-/m1/s1. The van der Waals surface area contributed by atoms with Crippen LogP contribution >= 0.6 is 0 Å². The molecule has 1 fully saturated rings. The number of fused-ring (bicyclic) bond motifs is 4. The number of carbonyl (C=O) groups is 2. The highest BCUT2D eigenvalue weighted by molar-refractivity contribution is 5.67. The second-order valence-electron chi connectivity index (χ2n) is 11.6. The number of rotatable bonds is 4. The van der Waals surface area contributed by atoms with Crippen molar-refractivity contribution in [3.05, 3.63) is 64.5 Å². The van der Waals surface area contributed by atoms with Crippen molar-refractivity contribution in [1.29, 1.82) is 0 Å². The molecule has 0 radical (unpaired) electrons. The summed E-state index contributed by atoms with van der Waals surface area (Å²) in [7, 11) is 0. The monoisotopic (exact) mass is 538 g/mol. The van der Waals surface area contributed by atoms with Crippen molar-refractivity contribution in [2.24, 2.45) is 22.7 Å². The number of ether oxygens (including phenoxy) is 3. The maximum Gasteiger partial charge on any atom is 0.345 e. The van der Waals surface area contributed by atoms with Crippen molar-refractivity contribution in [3.8, 4) is 17.1 Å². The van der Waals surface area contributed by atoms with Crippen LogP contribution in [0.15, 0.2) is 57.8 Å². The highest BCUT2D eigenvalue weighted by Gasteiger charge is 2.69. The van der Waals surface area contributed by atoms with Crippen LogP contribution in [0.3, 0.4) is 0 Å². The Morgan fingerprint density at radius 2 is 1.77 bits per heavy atom. The minimum Gasteiger partial charge on any atom is -0.482 e. The molecular formula is C30H34O9. The number of carbonyl (C=O) groups excluding carboxylic acids is 2. The number of esters is 2. The maximum absolute atomic E-state index is 13.3. The van der Waals surface area contributed by atoms with Crippen molar-refractivity contribution in [3.63, 3.8) is 0 Å². The second kappa shape index (κ2) is 9.34. The van der Waals surface area contributed by atoms with E-state index in [1.807, 2.05) is 38.1 Å². The van der Waals surface area contributed by atoms with Crippen molar-refractivity contribution < 1.29 is 38.4 Å². The summed E-state index contributed by atoms with van der Waals surface area (Å²) in [4.78, 5) is 37.3. The largest absolute Gasteiger partial charge is 0.482 e. The molecule has 1 aliphatic heterocycles. The second-order valence-corrected chi connectivity index (χ2v) is 11.6. The highest BCUT2D eigenvalue weighted by atomic mass is 16.6. The number of allylic oxidation sites excluding steroid dienone is 1. The molecule has 0 unspecified atom stereocenters. The molecule has 0 bridgehead atoms. The molecule has 1 aromatic heterocycles. The molecule has 1 saturated carbocycles. The minimum absolute atomic E-state index is 0.0122. The molecule has 5 rings (SSSR count). The van der Waals surface area contributed by atoms with Gasteiger partial charge in [0.1, 0.15) is 28.8 Å². The van der Waals surface area contributed by atoms with Crippen LogP contribution < -0.4 is 10.4 Å². The van der Waals surface area contributed by atoms with Crippen LogP contribution in [0.5, 0.6) is 5.75 Å². The zero-order valence-electron chi connectivity index (χ0n) is 22.7. The Bertz CT molecular complexity index is 1380. The van der Waals surface area contributed by atoms with E-state index in [9.17, 15) is 24.6 Å². The van der Waals surface area contributed by atoms with Crippen LogP contribution in [-0.4, -0.2) is 46.6 Å². The normalized spacial score (nSPS) is 36.5. The Morgan fingerprint density at radius 3 is 2.41 bits per heavy atom. The summed E-state index contributed by atoms with van der Waals surface area (Å²) in [5, 5.41) is 23.0. The Morgan fingerprint density at radius 1 is 1.08 bits per heavy atom. The van der Waals surface area contributed by atoms with Gasteiger partial charge in [-0.05, 0) is 24.7 Å². The van der Waals surface area contributed by atoms with E-state index in [1.165, 1.54) is 13.8 Å². The zero-order chi connectivity index (χ0) is 28.3. The number of aliphatic hydroxyl groups is 2. The van der Waals surface area contributed by atoms with E-state index in [-0.39, 0.29) is 30.1 Å². The molecule has 0 spiro atoms. The fourth-order valence-electron chi connectivity index (χ4n) is 7.23. The third-order valence-corrected chi connectivity index (χ3v) is 9.08. The molecule has 0 saturated heterocycles. The highest BCUT2D eigenvalue weighted by Crippen LogP contribution is 2.65. The lowest BCUT2D eigenvalue weighted by atomic mass is 9.44. The molecule has 2 aliphatic carbocycles. The van der Waals surface area contributed by atoms with Gasteiger partial charge < -0.3 is 28.8 Å². The fourth-order valence-corrected chi connectivity index (χ4v) is 7.23. The first kappa shape index (κ1) is 27.1. The number of hydrogen-bond acceptors (Lipinski definition) is 9. The van der Waals surface area contributed by atoms with Crippen LogP contribution in [0.2, 0.25) is 0 Å². The molecule has 208 valence electrons. The first-order chi connectivity index (χ1) is 18.3. The van der Waals surface area contributed by atoms with Crippen molar-refractivity contribution in [2.75, 3.05) is 6.61 Å². The minimum atomic E-state index is -1.34. The van der Waals surface area contributed by atoms with Crippen molar-refractivity contribution >= 4 is 11.9 Å². The van der Waals surface area contributed by atoms with Gasteiger partial charge >= 0.3 is 17.6 Å². The first-order valence-electron chi connectivity index (χ1n) is 13.1. The molecule has 9 heteroatoms. The summed E-state index contributed by atoms with van der Waals surface area (Å²) < 4.78 is 23.4. The van der Waals surface area contributed by atoms with Crippen LogP contribution in [0.25, 0.3) is 11.3 Å². The summed E-state index contributed by atoms with van der Waals surface area (Å²) in [5.74, 6) is -1.78. The van der Waals surface area contributed by atoms with Gasteiger partial charge in [-0.25, -0.2) is 4.79 Å². The van der Waals surface area contributed by atoms with E-state index in [0.717, 1.165) is 0 Å². The van der Waals surface area contributed by atoms with Gasteiger partial charge in [0.15, 0.2) is 0 Å². The third-order valence-electron chi connectivity index (χ3n) is 9.08. The van der Waals surface area contributed by atoms with Gasteiger partial charge in [0.25, 0.3) is 0 Å². The summed E-state index contributed by atoms with van der Waals surface area (Å²) >= 11 is 0. The number of hydrogen-bond donors (Lipinski definition) is 2. The lowest BCUT2D eigenvalue weighted by Crippen LogP contribution is -2.70. The Labute approximate surface area is 226 Å². The SMILES string of the molecule is CC(=O)OC[C@@]1(C)[C@@H]2C[C@H](OC(C)=O)[C@@]3(C)Oc4cc(-c5ccccc5)oc(=O)c4[C@H](O)[C@@H]3[C@@]2(C)C=C[C@@H]1O. The smallest absolute Gasteiger partial charge is 0.345 e. The summed E-state index contributed by atoms with van der Waals surface area (Å²) in [6, 6.07) is 10.7. The predicted molar refractivity (Wildman–Crippen MR) is 140 cm³/mol. The first-order valence-corrected chi connectivity index (χ1v) is 13.1. The molecule has 2 aromatic rings. The zero-order valence-corrected chi connectivity index (χ0v) is 22.7. The predicted octanol–water partition coefficient (Wildman–Crippen LogP) is 3.57. The van der Waals surface area contributed by atoms with Crippen LogP contribution in [0.1, 0.15) is 52.7 Å². The fraction of sp³-hybridized carbons (Fsp3) is 0.500. The van der Waals surface area contributed by atoms with Gasteiger partial charge in [-0.15, -0.1) is 0 Å². The topological polar surface area (TPSA) is 132 Å². The van der Waals surface area contributed by atoms with Crippen LogP contribution in [0, 0.1) is 22.7 Å². The molecule has 0 amide bonds. The summed E-state index contributed by atoms with van der Waals surface area (Å²) in [6.07, 6.45) is 0.576. The van der Waals surface area contributed by atoms with E-state index in [0.29, 0.717) is 5.56 Å². The summed E-state index contributed by atoms with van der Waals surface area (Å²) in [6.45, 7) is 8.03. The van der Waals surface area contributed by atoms with Crippen molar-refractivity contribution in [1.82, 2.24) is 0 Å². The molecule has 2 N–H and O–H groups in total. The quantitative estimate of drug-likeness (QED) is 0.443. The van der Waals surface area contributed by atoms with E-state index in [4.69, 9.17) is 18.6 Å². The van der Waals surface area contributed by atoms with Crippen LogP contribution in [-0.2, 0) is 19.1 Å². The number of aliphatic hydroxyl groups excluding tert-OH is 2. The molecule has 39 heavy (non-hydrogen) atoms. The Kier molecular flexibility index (Phi) is 6.50. The lowest BCUT2D eigenvalue weighted by molar-refractivity contribution is -0.243. The summed E-state index contributed by atoms with van der Waals surface area (Å²) in [5.41, 5.74) is -3.15. The Balaban J connectivity index is 1.68. The van der Waals surface area contributed by atoms with Gasteiger partial charge in [-0.1, -0.05) is 56.3 Å².